The predicted octanol–water partition coefficient (Wildman–Crippen LogP) is 3.92. The van der Waals surface area contributed by atoms with E-state index in [1.165, 1.54) is 11.2 Å². The van der Waals surface area contributed by atoms with Crippen LogP contribution in [0.5, 0.6) is 0 Å². The van der Waals surface area contributed by atoms with Crippen LogP contribution in [0.2, 0.25) is 5.02 Å². The summed E-state index contributed by atoms with van der Waals surface area (Å²) in [5.41, 5.74) is 1.63. The van der Waals surface area contributed by atoms with Gasteiger partial charge in [-0.3, -0.25) is 4.79 Å². The Kier molecular flexibility index (Phi) is 4.09. The molecule has 3 aromatic heterocycles. The zero-order valence-corrected chi connectivity index (χ0v) is 15.4. The van der Waals surface area contributed by atoms with Crippen LogP contribution in [0.25, 0.3) is 11.1 Å². The third kappa shape index (κ3) is 2.87. The van der Waals surface area contributed by atoms with Gasteiger partial charge >= 0.3 is 0 Å². The van der Waals surface area contributed by atoms with E-state index in [9.17, 15) is 13.6 Å². The molecule has 0 aliphatic carbocycles. The number of aromatic nitrogens is 4. The lowest BCUT2D eigenvalue weighted by Crippen LogP contribution is -2.41. The molecule has 29 heavy (non-hydrogen) atoms. The van der Waals surface area contributed by atoms with Gasteiger partial charge in [-0.25, -0.2) is 23.7 Å². The Hall–Kier alpha value is -3.27. The van der Waals surface area contributed by atoms with Crippen molar-refractivity contribution in [1.29, 1.82) is 0 Å². The monoisotopic (exact) mass is 419 g/mol. The largest absolute Gasteiger partial charge is 0.438 e. The van der Waals surface area contributed by atoms with Gasteiger partial charge in [-0.1, -0.05) is 11.6 Å². The highest BCUT2D eigenvalue weighted by Crippen LogP contribution is 2.36. The van der Waals surface area contributed by atoms with Gasteiger partial charge in [0.05, 0.1) is 12.0 Å². The summed E-state index contributed by atoms with van der Waals surface area (Å²) in [5.74, 6) is -1.05. The molecule has 0 spiro atoms. The normalized spacial score (nSPS) is 16.6. The second-order valence-electron chi connectivity index (χ2n) is 6.45. The van der Waals surface area contributed by atoms with Crippen LogP contribution in [0.3, 0.4) is 0 Å². The average Bonchev–Trinajstić information content (AvgIpc) is 3.43. The van der Waals surface area contributed by atoms with E-state index in [-0.39, 0.29) is 12.4 Å². The van der Waals surface area contributed by atoms with E-state index in [2.05, 4.69) is 19.9 Å². The van der Waals surface area contributed by atoms with E-state index in [1.807, 2.05) is 0 Å². The number of carbonyl (C=O) groups excluding carboxylic acids is 1. The maximum Gasteiger partial charge on any atom is 0.292 e. The van der Waals surface area contributed by atoms with Gasteiger partial charge < -0.3 is 18.7 Å². The zero-order chi connectivity index (χ0) is 20.1. The van der Waals surface area contributed by atoms with Gasteiger partial charge in [-0.2, -0.15) is 0 Å². The first-order valence-corrected chi connectivity index (χ1v) is 9.01. The number of fused-ring (bicyclic) bond motifs is 2. The van der Waals surface area contributed by atoms with Crippen LogP contribution in [-0.2, 0) is 6.42 Å². The van der Waals surface area contributed by atoms with E-state index in [0.717, 1.165) is 12.1 Å². The fourth-order valence-electron chi connectivity index (χ4n) is 3.48. The second-order valence-corrected chi connectivity index (χ2v) is 6.89. The molecule has 1 atom stereocenters. The number of halogens is 3. The van der Waals surface area contributed by atoms with Crippen molar-refractivity contribution < 1.29 is 22.4 Å². The Bertz CT molecular complexity index is 1220. The highest BCUT2D eigenvalue weighted by Gasteiger charge is 2.40. The molecule has 1 aliphatic rings. The SMILES string of the molecule is O=C(c1ocnc1C(F)F)N1CCc2[nH]cnc2[C@H]1c1nc2cc(Cl)ccc2o1. The molecule has 4 aromatic rings. The number of oxazole rings is 2. The molecule has 0 saturated carbocycles. The van der Waals surface area contributed by atoms with Crippen molar-refractivity contribution in [2.75, 3.05) is 6.54 Å². The van der Waals surface area contributed by atoms with Crippen LogP contribution in [0, 0.1) is 0 Å². The quantitative estimate of drug-likeness (QED) is 0.540. The zero-order valence-electron chi connectivity index (χ0n) is 14.6. The summed E-state index contributed by atoms with van der Waals surface area (Å²) in [7, 11) is 0. The third-order valence-electron chi connectivity index (χ3n) is 4.78. The van der Waals surface area contributed by atoms with Crippen LogP contribution in [-0.4, -0.2) is 37.3 Å². The Labute approximate surface area is 166 Å². The van der Waals surface area contributed by atoms with E-state index < -0.39 is 29.8 Å². The first kappa shape index (κ1) is 17.8. The van der Waals surface area contributed by atoms with Crippen molar-refractivity contribution in [2.24, 2.45) is 0 Å². The molecular weight excluding hydrogens is 408 g/mol. The number of alkyl halides is 2. The predicted molar refractivity (Wildman–Crippen MR) is 95.7 cm³/mol. The molecule has 0 fully saturated rings. The summed E-state index contributed by atoms with van der Waals surface area (Å²) in [6.07, 6.45) is -0.149. The molecule has 5 rings (SSSR count). The lowest BCUT2D eigenvalue weighted by molar-refractivity contribution is 0.0620. The van der Waals surface area contributed by atoms with Crippen LogP contribution in [0.4, 0.5) is 8.78 Å². The lowest BCUT2D eigenvalue weighted by atomic mass is 10.0. The fraction of sp³-hybridized carbons (Fsp3) is 0.222. The van der Waals surface area contributed by atoms with Crippen LogP contribution in [0.15, 0.2) is 39.8 Å². The van der Waals surface area contributed by atoms with E-state index in [4.69, 9.17) is 20.4 Å². The number of imidazole rings is 1. The minimum atomic E-state index is -2.94. The number of nitrogens with zero attached hydrogens (tertiary/aromatic N) is 4. The number of amides is 1. The molecule has 8 nitrogen and oxygen atoms in total. The maximum atomic E-state index is 13.2. The molecule has 1 aromatic carbocycles. The Balaban J connectivity index is 1.62. The van der Waals surface area contributed by atoms with Gasteiger partial charge in [-0.05, 0) is 18.2 Å². The van der Waals surface area contributed by atoms with Crippen LogP contribution >= 0.6 is 11.6 Å². The number of H-pyrrole nitrogens is 1. The minimum Gasteiger partial charge on any atom is -0.438 e. The molecule has 0 unspecified atom stereocenters. The summed E-state index contributed by atoms with van der Waals surface area (Å²) in [6.45, 7) is 0.224. The molecule has 0 saturated heterocycles. The van der Waals surface area contributed by atoms with Crippen molar-refractivity contribution in [3.05, 3.63) is 64.7 Å². The molecule has 148 valence electrons. The van der Waals surface area contributed by atoms with E-state index in [0.29, 0.717) is 28.2 Å². The Morgan fingerprint density at radius 1 is 1.34 bits per heavy atom. The summed E-state index contributed by atoms with van der Waals surface area (Å²) in [6, 6.07) is 4.14. The van der Waals surface area contributed by atoms with Crippen molar-refractivity contribution in [3.8, 4) is 0 Å². The van der Waals surface area contributed by atoms with Gasteiger partial charge in [0.25, 0.3) is 12.3 Å². The third-order valence-corrected chi connectivity index (χ3v) is 5.02. The highest BCUT2D eigenvalue weighted by atomic mass is 35.5. The van der Waals surface area contributed by atoms with Crippen LogP contribution < -0.4 is 0 Å². The van der Waals surface area contributed by atoms with Crippen molar-refractivity contribution in [1.82, 2.24) is 24.8 Å². The number of nitrogens with one attached hydrogen (secondary N) is 1. The summed E-state index contributed by atoms with van der Waals surface area (Å²) in [4.78, 5) is 29.7. The van der Waals surface area contributed by atoms with Crippen molar-refractivity contribution in [3.63, 3.8) is 0 Å². The van der Waals surface area contributed by atoms with Gasteiger partial charge in [0.2, 0.25) is 11.7 Å². The fourth-order valence-corrected chi connectivity index (χ4v) is 3.65. The topological polar surface area (TPSA) is 101 Å². The number of hydrogen-bond donors (Lipinski definition) is 1. The first-order valence-electron chi connectivity index (χ1n) is 8.63. The molecule has 4 heterocycles. The van der Waals surface area contributed by atoms with Gasteiger partial charge in [0.1, 0.15) is 5.52 Å². The number of benzene rings is 1. The molecule has 11 heteroatoms. The number of hydrogen-bond acceptors (Lipinski definition) is 6. The molecule has 0 bridgehead atoms. The average molecular weight is 420 g/mol. The number of aromatic amines is 1. The first-order chi connectivity index (χ1) is 14.0. The second kappa shape index (κ2) is 6.66. The number of carbonyl (C=O) groups is 1. The van der Waals surface area contributed by atoms with Crippen molar-refractivity contribution in [2.45, 2.75) is 18.9 Å². The Morgan fingerprint density at radius 2 is 2.21 bits per heavy atom. The smallest absolute Gasteiger partial charge is 0.292 e. The summed E-state index contributed by atoms with van der Waals surface area (Å²) >= 11 is 6.02. The molecule has 1 amide bonds. The van der Waals surface area contributed by atoms with Crippen molar-refractivity contribution >= 4 is 28.6 Å². The standard InChI is InChI=1S/C18H12ClF2N5O3/c19-8-1-2-11-10(5-8)25-17(29-11)14-12-9(22-6-23-12)3-4-26(14)18(27)15-13(16(20)21)24-7-28-15/h1-2,5-7,14,16H,3-4H2,(H,22,23)/t14-/m0/s1. The molecule has 1 N–H and O–H groups in total. The van der Waals surface area contributed by atoms with Gasteiger partial charge in [0.15, 0.2) is 23.7 Å². The van der Waals surface area contributed by atoms with Gasteiger partial charge in [-0.15, -0.1) is 0 Å². The Morgan fingerprint density at radius 3 is 3.03 bits per heavy atom. The van der Waals surface area contributed by atoms with E-state index >= 15 is 0 Å². The molecular formula is C18H12ClF2N5O3. The highest BCUT2D eigenvalue weighted by molar-refractivity contribution is 6.31. The summed E-state index contributed by atoms with van der Waals surface area (Å²) in [5, 5.41) is 0.484. The van der Waals surface area contributed by atoms with E-state index in [1.54, 1.807) is 18.2 Å². The maximum absolute atomic E-state index is 13.2. The number of rotatable bonds is 3. The minimum absolute atomic E-state index is 0.196. The van der Waals surface area contributed by atoms with Gasteiger partial charge in [0, 0.05) is 23.7 Å². The lowest BCUT2D eigenvalue weighted by Gasteiger charge is -2.32. The van der Waals surface area contributed by atoms with Crippen LogP contribution in [0.1, 0.15) is 46.0 Å². The summed E-state index contributed by atoms with van der Waals surface area (Å²) < 4.78 is 37.3. The molecule has 0 radical (unpaired) electrons. The molecule has 1 aliphatic heterocycles.